The van der Waals surface area contributed by atoms with Crippen molar-refractivity contribution in [2.24, 2.45) is 0 Å². The number of hydrogen-bond donors (Lipinski definition) is 3. The van der Waals surface area contributed by atoms with Crippen molar-refractivity contribution in [1.82, 2.24) is 9.97 Å². The number of carbonyl (C=O) groups excluding carboxylic acids is 1. The fourth-order valence-electron chi connectivity index (χ4n) is 4.09. The number of amides is 1. The molecule has 0 saturated carbocycles. The number of carbonyl (C=O) groups is 1. The van der Waals surface area contributed by atoms with E-state index in [0.717, 1.165) is 22.3 Å². The second-order valence-electron chi connectivity index (χ2n) is 8.77. The van der Waals surface area contributed by atoms with Gasteiger partial charge in [-0.05, 0) is 62.7 Å². The summed E-state index contributed by atoms with van der Waals surface area (Å²) < 4.78 is 19.4. The number of aromatic nitrogens is 2. The average Bonchev–Trinajstić information content (AvgIpc) is 3.31. The Labute approximate surface area is 195 Å². The van der Waals surface area contributed by atoms with Crippen molar-refractivity contribution >= 4 is 45.9 Å². The number of para-hydroxylation sites is 1. The van der Waals surface area contributed by atoms with Crippen LogP contribution in [0, 0.1) is 12.7 Å². The molecule has 5 rings (SSSR count). The van der Waals surface area contributed by atoms with E-state index in [1.54, 1.807) is 6.07 Å². The summed E-state index contributed by atoms with van der Waals surface area (Å²) in [6, 6.07) is 13.0. The lowest BCUT2D eigenvalue weighted by Gasteiger charge is -2.18. The molecule has 4 aromatic rings. The monoisotopic (exact) mass is 464 g/mol. The van der Waals surface area contributed by atoms with Crippen LogP contribution in [0.25, 0.3) is 11.0 Å². The summed E-state index contributed by atoms with van der Waals surface area (Å²) >= 11 is 6.36. The van der Waals surface area contributed by atoms with Gasteiger partial charge in [0, 0.05) is 17.7 Å². The van der Waals surface area contributed by atoms with Crippen LogP contribution in [-0.2, 0) is 6.42 Å². The Kier molecular flexibility index (Phi) is 5.01. The number of benzene rings is 3. The molecule has 1 aliphatic rings. The maximum absolute atomic E-state index is 13.2. The highest BCUT2D eigenvalue weighted by Crippen LogP contribution is 2.42. The van der Waals surface area contributed by atoms with Gasteiger partial charge in [0.25, 0.3) is 5.91 Å². The quantitative estimate of drug-likeness (QED) is 0.327. The van der Waals surface area contributed by atoms with Crippen LogP contribution in [0.1, 0.15) is 35.3 Å². The molecule has 1 amide bonds. The molecule has 0 radical (unpaired) electrons. The van der Waals surface area contributed by atoms with Gasteiger partial charge >= 0.3 is 0 Å². The molecular formula is C25H22ClFN4O2. The lowest BCUT2D eigenvalue weighted by molar-refractivity contribution is 0.101. The number of H-pyrrole nitrogens is 1. The Morgan fingerprint density at radius 1 is 1.21 bits per heavy atom. The standard InChI is InChI=1S/C25H22ClFN4O2/c1-13-5-4-6-18(26)20(13)30-24-29-19-11-16(23(32)28-15-9-7-14(27)8-10-15)22-17(21(19)31-24)12-25(2,3)33-22/h4-11H,12H2,1-3H3,(H,28,32)(H2,29,30,31). The highest BCUT2D eigenvalue weighted by molar-refractivity contribution is 6.33. The molecule has 3 aromatic carbocycles. The SMILES string of the molecule is Cc1cccc(Cl)c1Nc1nc2c3c(c(C(=O)Nc4ccc(F)cc4)cc2[nH]1)OC(C)(C)C3. The first-order valence-corrected chi connectivity index (χ1v) is 10.9. The number of anilines is 3. The lowest BCUT2D eigenvalue weighted by atomic mass is 9.98. The molecule has 1 aromatic heterocycles. The van der Waals surface area contributed by atoms with Crippen LogP contribution in [-0.4, -0.2) is 21.5 Å². The van der Waals surface area contributed by atoms with Crippen LogP contribution >= 0.6 is 11.6 Å². The molecule has 0 atom stereocenters. The van der Waals surface area contributed by atoms with Crippen LogP contribution in [0.5, 0.6) is 5.75 Å². The Hall–Kier alpha value is -3.58. The Bertz CT molecular complexity index is 1380. The number of hydrogen-bond acceptors (Lipinski definition) is 4. The first-order chi connectivity index (χ1) is 15.7. The summed E-state index contributed by atoms with van der Waals surface area (Å²) in [6.45, 7) is 5.90. The summed E-state index contributed by atoms with van der Waals surface area (Å²) in [5.41, 5.74) is 4.45. The average molecular weight is 465 g/mol. The second kappa shape index (κ2) is 7.78. The maximum atomic E-state index is 13.2. The molecule has 8 heteroatoms. The van der Waals surface area contributed by atoms with Gasteiger partial charge in [0.2, 0.25) is 5.95 Å². The van der Waals surface area contributed by atoms with Crippen molar-refractivity contribution in [1.29, 1.82) is 0 Å². The van der Waals surface area contributed by atoms with Crippen molar-refractivity contribution in [3.05, 3.63) is 76.1 Å². The van der Waals surface area contributed by atoms with E-state index in [1.165, 1.54) is 24.3 Å². The van der Waals surface area contributed by atoms with Crippen LogP contribution in [0.2, 0.25) is 5.02 Å². The van der Waals surface area contributed by atoms with Crippen LogP contribution < -0.4 is 15.4 Å². The zero-order valence-corrected chi connectivity index (χ0v) is 19.1. The third kappa shape index (κ3) is 4.00. The zero-order chi connectivity index (χ0) is 23.3. The number of nitrogens with zero attached hydrogens (tertiary/aromatic N) is 1. The molecule has 1 aliphatic heterocycles. The Balaban J connectivity index is 1.56. The Morgan fingerprint density at radius 3 is 2.70 bits per heavy atom. The van der Waals surface area contributed by atoms with Gasteiger partial charge in [-0.1, -0.05) is 23.7 Å². The molecule has 6 nitrogen and oxygen atoms in total. The third-order valence-corrected chi connectivity index (χ3v) is 5.93. The minimum atomic E-state index is -0.479. The minimum absolute atomic E-state index is 0.344. The van der Waals surface area contributed by atoms with Gasteiger partial charge in [-0.2, -0.15) is 0 Å². The van der Waals surface area contributed by atoms with Crippen molar-refractivity contribution in [2.75, 3.05) is 10.6 Å². The number of nitrogens with one attached hydrogen (secondary N) is 3. The Morgan fingerprint density at radius 2 is 1.97 bits per heavy atom. The van der Waals surface area contributed by atoms with E-state index in [0.29, 0.717) is 39.9 Å². The fourth-order valence-corrected chi connectivity index (χ4v) is 4.36. The summed E-state index contributed by atoms with van der Waals surface area (Å²) in [5.74, 6) is 0.318. The number of ether oxygens (including phenoxy) is 1. The van der Waals surface area contributed by atoms with Gasteiger partial charge < -0.3 is 20.4 Å². The predicted molar refractivity (Wildman–Crippen MR) is 128 cm³/mol. The van der Waals surface area contributed by atoms with Crippen LogP contribution in [0.3, 0.4) is 0 Å². The summed E-state index contributed by atoms with van der Waals surface area (Å²) in [7, 11) is 0. The van der Waals surface area contributed by atoms with Gasteiger partial charge in [0.05, 0.1) is 27.3 Å². The molecule has 0 bridgehead atoms. The van der Waals surface area contributed by atoms with Crippen LogP contribution in [0.15, 0.2) is 48.5 Å². The molecule has 0 spiro atoms. The number of rotatable bonds is 4. The fraction of sp³-hybridized carbons (Fsp3) is 0.200. The van der Waals surface area contributed by atoms with E-state index in [-0.39, 0.29) is 11.7 Å². The normalized spacial score (nSPS) is 14.1. The van der Waals surface area contributed by atoms with Gasteiger partial charge in [0.15, 0.2) is 0 Å². The van der Waals surface area contributed by atoms with E-state index < -0.39 is 5.60 Å². The smallest absolute Gasteiger partial charge is 0.259 e. The highest BCUT2D eigenvalue weighted by Gasteiger charge is 2.36. The van der Waals surface area contributed by atoms with E-state index in [9.17, 15) is 9.18 Å². The first kappa shape index (κ1) is 21.3. The van der Waals surface area contributed by atoms with Gasteiger partial charge in [-0.3, -0.25) is 4.79 Å². The number of halogens is 2. The molecular weight excluding hydrogens is 443 g/mol. The summed E-state index contributed by atoms with van der Waals surface area (Å²) in [6.07, 6.45) is 0.603. The number of fused-ring (bicyclic) bond motifs is 3. The molecule has 0 unspecified atom stereocenters. The summed E-state index contributed by atoms with van der Waals surface area (Å²) in [5, 5.41) is 6.66. The summed E-state index contributed by atoms with van der Waals surface area (Å²) in [4.78, 5) is 21.1. The minimum Gasteiger partial charge on any atom is -0.486 e. The lowest BCUT2D eigenvalue weighted by Crippen LogP contribution is -2.25. The molecule has 3 N–H and O–H groups in total. The highest BCUT2D eigenvalue weighted by atomic mass is 35.5. The second-order valence-corrected chi connectivity index (χ2v) is 9.18. The number of imidazole rings is 1. The molecule has 168 valence electrons. The van der Waals surface area contributed by atoms with Crippen LogP contribution in [0.4, 0.5) is 21.7 Å². The topological polar surface area (TPSA) is 79.0 Å². The van der Waals surface area contributed by atoms with Gasteiger partial charge in [0.1, 0.15) is 17.2 Å². The van der Waals surface area contributed by atoms with Crippen molar-refractivity contribution in [3.63, 3.8) is 0 Å². The zero-order valence-electron chi connectivity index (χ0n) is 18.3. The van der Waals surface area contributed by atoms with Gasteiger partial charge in [-0.25, -0.2) is 9.37 Å². The molecule has 0 aliphatic carbocycles. The van der Waals surface area contributed by atoms with E-state index in [1.807, 2.05) is 39.0 Å². The van der Waals surface area contributed by atoms with E-state index >= 15 is 0 Å². The third-order valence-electron chi connectivity index (χ3n) is 5.62. The number of aromatic amines is 1. The van der Waals surface area contributed by atoms with E-state index in [2.05, 4.69) is 15.6 Å². The van der Waals surface area contributed by atoms with Crippen molar-refractivity contribution < 1.29 is 13.9 Å². The first-order valence-electron chi connectivity index (χ1n) is 10.5. The molecule has 33 heavy (non-hydrogen) atoms. The molecule has 0 saturated heterocycles. The molecule has 2 heterocycles. The number of aryl methyl sites for hydroxylation is 1. The van der Waals surface area contributed by atoms with Crippen molar-refractivity contribution in [2.45, 2.75) is 32.8 Å². The van der Waals surface area contributed by atoms with E-state index in [4.69, 9.17) is 21.3 Å². The largest absolute Gasteiger partial charge is 0.486 e. The predicted octanol–water partition coefficient (Wildman–Crippen LogP) is 6.37. The van der Waals surface area contributed by atoms with Gasteiger partial charge in [-0.15, -0.1) is 0 Å². The van der Waals surface area contributed by atoms with Crippen molar-refractivity contribution in [3.8, 4) is 5.75 Å². The maximum Gasteiger partial charge on any atom is 0.259 e. The molecule has 0 fully saturated rings.